The molecule has 0 radical (unpaired) electrons. The number of hydrogen-bond donors (Lipinski definition) is 2. The first-order valence-corrected chi connectivity index (χ1v) is 3.56. The number of carboxylic acids is 2. The fourth-order valence-corrected chi connectivity index (χ4v) is 0.729. The van der Waals surface area contributed by atoms with E-state index in [9.17, 15) is 9.59 Å². The molecule has 12 heavy (non-hydrogen) atoms. The summed E-state index contributed by atoms with van der Waals surface area (Å²) in [5.41, 5.74) is 0. The van der Waals surface area contributed by atoms with Crippen LogP contribution in [0.5, 0.6) is 0 Å². The minimum Gasteiger partial charge on any atom is -0.481 e. The molecule has 0 heterocycles. The molecule has 0 aliphatic rings. The number of unbranched alkanes of at least 4 members (excludes halogenated alkanes) is 2. The first-order valence-electron chi connectivity index (χ1n) is 3.56. The van der Waals surface area contributed by atoms with Crippen molar-refractivity contribution >= 4 is 11.9 Å². The van der Waals surface area contributed by atoms with E-state index in [1.807, 2.05) is 0 Å². The van der Waals surface area contributed by atoms with Gasteiger partial charge in [-0.2, -0.15) is 0 Å². The zero-order valence-electron chi connectivity index (χ0n) is 6.95. The van der Waals surface area contributed by atoms with Crippen LogP contribution in [-0.4, -0.2) is 22.2 Å². The minimum absolute atomic E-state index is 0. The molecule has 4 nitrogen and oxygen atoms in total. The normalized spacial score (nSPS) is 8.67. The molecule has 0 atom stereocenters. The summed E-state index contributed by atoms with van der Waals surface area (Å²) >= 11 is 0. The maximum Gasteiger partial charge on any atom is 0.303 e. The maximum absolute atomic E-state index is 9.98. The van der Waals surface area contributed by atoms with E-state index < -0.39 is 11.9 Å². The molecule has 0 aromatic carbocycles. The average Bonchev–Trinajstić information content (AvgIpc) is 1.85. The van der Waals surface area contributed by atoms with E-state index in [1.165, 1.54) is 0 Å². The van der Waals surface area contributed by atoms with Gasteiger partial charge in [0.05, 0.1) is 0 Å². The summed E-state index contributed by atoms with van der Waals surface area (Å²) in [6.07, 6.45) is 2.10. The zero-order chi connectivity index (χ0) is 8.69. The molecule has 0 saturated heterocycles. The third-order valence-electron chi connectivity index (χ3n) is 1.28. The fraction of sp³-hybridized carbons (Fsp3) is 0.714. The van der Waals surface area contributed by atoms with Crippen molar-refractivity contribution < 1.29 is 39.3 Å². The van der Waals surface area contributed by atoms with Crippen molar-refractivity contribution in [2.24, 2.45) is 0 Å². The summed E-state index contributed by atoms with van der Waals surface area (Å²) < 4.78 is 0. The molecule has 5 heteroatoms. The van der Waals surface area contributed by atoms with Gasteiger partial charge in [0.1, 0.15) is 0 Å². The molecule has 0 unspecified atom stereocenters. The second-order valence-corrected chi connectivity index (χ2v) is 2.35. The molecule has 0 fully saturated rings. The van der Waals surface area contributed by atoms with E-state index in [0.29, 0.717) is 19.3 Å². The van der Waals surface area contributed by atoms with E-state index in [-0.39, 0.29) is 32.3 Å². The van der Waals surface area contributed by atoms with Crippen LogP contribution in [0.3, 0.4) is 0 Å². The summed E-state index contributed by atoms with van der Waals surface area (Å²) in [6, 6.07) is 0. The molecule has 0 aliphatic heterocycles. The van der Waals surface area contributed by atoms with Gasteiger partial charge < -0.3 is 10.2 Å². The molecular formula is C7H12O4Zn. The van der Waals surface area contributed by atoms with Crippen molar-refractivity contribution in [3.8, 4) is 0 Å². The van der Waals surface area contributed by atoms with Crippen LogP contribution in [0.25, 0.3) is 0 Å². The van der Waals surface area contributed by atoms with Gasteiger partial charge in [-0.3, -0.25) is 9.59 Å². The Bertz CT molecular complexity index is 130. The molecule has 0 aromatic rings. The number of aliphatic carboxylic acids is 2. The fourth-order valence-electron chi connectivity index (χ4n) is 0.729. The van der Waals surface area contributed by atoms with Gasteiger partial charge in [-0.05, 0) is 12.8 Å². The third kappa shape index (κ3) is 12.3. The predicted octanol–water partition coefficient (Wildman–Crippen LogP) is 1.10. The summed E-state index contributed by atoms with van der Waals surface area (Å²) in [7, 11) is 0. The van der Waals surface area contributed by atoms with Gasteiger partial charge in [0.2, 0.25) is 0 Å². The molecule has 0 aliphatic carbocycles. The Labute approximate surface area is 83.7 Å². The van der Waals surface area contributed by atoms with E-state index in [2.05, 4.69) is 0 Å². The first-order chi connectivity index (χ1) is 5.13. The molecular weight excluding hydrogens is 213 g/mol. The molecule has 0 bridgehead atoms. The summed E-state index contributed by atoms with van der Waals surface area (Å²) in [5, 5.41) is 16.4. The van der Waals surface area contributed by atoms with E-state index in [0.717, 1.165) is 0 Å². The Morgan fingerprint density at radius 3 is 1.42 bits per heavy atom. The van der Waals surface area contributed by atoms with Crippen LogP contribution >= 0.6 is 0 Å². The summed E-state index contributed by atoms with van der Waals surface area (Å²) in [6.45, 7) is 0. The van der Waals surface area contributed by atoms with Gasteiger partial charge in [-0.25, -0.2) is 0 Å². The molecule has 0 saturated carbocycles. The van der Waals surface area contributed by atoms with Crippen LogP contribution in [0.1, 0.15) is 32.1 Å². The average molecular weight is 226 g/mol. The van der Waals surface area contributed by atoms with Crippen molar-refractivity contribution in [1.29, 1.82) is 0 Å². The van der Waals surface area contributed by atoms with Crippen molar-refractivity contribution in [2.75, 3.05) is 0 Å². The second kappa shape index (κ2) is 8.66. The smallest absolute Gasteiger partial charge is 0.303 e. The largest absolute Gasteiger partial charge is 0.481 e. The van der Waals surface area contributed by atoms with Crippen LogP contribution in [0.15, 0.2) is 0 Å². The Hall–Kier alpha value is -0.437. The van der Waals surface area contributed by atoms with Crippen LogP contribution in [0.4, 0.5) is 0 Å². The number of carboxylic acid groups (broad SMARTS) is 2. The SMILES string of the molecule is O=C(O)CCCCCC(=O)O.[Zn]. The van der Waals surface area contributed by atoms with E-state index in [4.69, 9.17) is 10.2 Å². The quantitative estimate of drug-likeness (QED) is 0.524. The van der Waals surface area contributed by atoms with Gasteiger partial charge in [-0.1, -0.05) is 6.42 Å². The van der Waals surface area contributed by atoms with E-state index in [1.54, 1.807) is 0 Å². The summed E-state index contributed by atoms with van der Waals surface area (Å²) in [5.74, 6) is -1.64. The third-order valence-corrected chi connectivity index (χ3v) is 1.28. The van der Waals surface area contributed by atoms with Crippen LogP contribution in [0.2, 0.25) is 0 Å². The topological polar surface area (TPSA) is 74.6 Å². The Kier molecular flexibility index (Phi) is 10.2. The number of rotatable bonds is 6. The van der Waals surface area contributed by atoms with Gasteiger partial charge in [0.25, 0.3) is 0 Å². The Balaban J connectivity index is 0. The first kappa shape index (κ1) is 14.1. The summed E-state index contributed by atoms with van der Waals surface area (Å²) in [4.78, 5) is 20.0. The van der Waals surface area contributed by atoms with Gasteiger partial charge >= 0.3 is 11.9 Å². The molecule has 0 amide bonds. The van der Waals surface area contributed by atoms with Gasteiger partial charge in [-0.15, -0.1) is 0 Å². The molecule has 2 N–H and O–H groups in total. The Morgan fingerprint density at radius 1 is 0.833 bits per heavy atom. The standard InChI is InChI=1S/C7H12O4.Zn/c8-6(9)4-2-1-3-5-7(10)11;/h1-5H2,(H,8,9)(H,10,11);. The van der Waals surface area contributed by atoms with Crippen LogP contribution < -0.4 is 0 Å². The molecule has 0 spiro atoms. The predicted molar refractivity (Wildman–Crippen MR) is 38.4 cm³/mol. The zero-order valence-corrected chi connectivity index (χ0v) is 9.92. The maximum atomic E-state index is 9.98. The Morgan fingerprint density at radius 2 is 1.17 bits per heavy atom. The number of carbonyl (C=O) groups is 2. The minimum atomic E-state index is -0.819. The van der Waals surface area contributed by atoms with Gasteiger partial charge in [0, 0.05) is 32.3 Å². The molecule has 0 aromatic heterocycles. The molecule has 0 rings (SSSR count). The van der Waals surface area contributed by atoms with Gasteiger partial charge in [0.15, 0.2) is 0 Å². The van der Waals surface area contributed by atoms with Crippen molar-refractivity contribution in [3.63, 3.8) is 0 Å². The monoisotopic (exact) mass is 224 g/mol. The molecule has 66 valence electrons. The van der Waals surface area contributed by atoms with Crippen molar-refractivity contribution in [1.82, 2.24) is 0 Å². The second-order valence-electron chi connectivity index (χ2n) is 2.35. The van der Waals surface area contributed by atoms with E-state index >= 15 is 0 Å². The van der Waals surface area contributed by atoms with Crippen molar-refractivity contribution in [2.45, 2.75) is 32.1 Å². The van der Waals surface area contributed by atoms with Crippen LogP contribution in [-0.2, 0) is 29.1 Å². The number of hydrogen-bond acceptors (Lipinski definition) is 2. The van der Waals surface area contributed by atoms with Crippen molar-refractivity contribution in [3.05, 3.63) is 0 Å². The van der Waals surface area contributed by atoms with Crippen LogP contribution in [0, 0.1) is 0 Å².